The van der Waals surface area contributed by atoms with Crippen molar-refractivity contribution in [2.24, 2.45) is 23.5 Å². The van der Waals surface area contributed by atoms with Gasteiger partial charge in [0.15, 0.2) is 0 Å². The van der Waals surface area contributed by atoms with Crippen LogP contribution in [-0.4, -0.2) is 5.84 Å². The second-order valence-corrected chi connectivity index (χ2v) is 4.72. The lowest BCUT2D eigenvalue weighted by Crippen LogP contribution is -2.32. The van der Waals surface area contributed by atoms with E-state index in [1.165, 1.54) is 44.9 Å². The molecule has 2 nitrogen and oxygen atoms in total. The fourth-order valence-corrected chi connectivity index (χ4v) is 2.84. The molecule has 2 heteroatoms. The molecule has 2 aliphatic carbocycles. The Morgan fingerprint density at radius 2 is 1.54 bits per heavy atom. The summed E-state index contributed by atoms with van der Waals surface area (Å²) in [6.07, 6.45) is 9.40. The van der Waals surface area contributed by atoms with Crippen LogP contribution in [0.2, 0.25) is 0 Å². The molecule has 1 atom stereocenters. The van der Waals surface area contributed by atoms with Gasteiger partial charge in [0.05, 0.1) is 5.84 Å². The van der Waals surface area contributed by atoms with Crippen molar-refractivity contribution in [1.29, 1.82) is 5.41 Å². The smallest absolute Gasteiger partial charge is 0.0942 e. The summed E-state index contributed by atoms with van der Waals surface area (Å²) in [6, 6.07) is 0. The molecule has 0 bridgehead atoms. The van der Waals surface area contributed by atoms with Gasteiger partial charge < -0.3 is 5.73 Å². The third-order valence-corrected chi connectivity index (χ3v) is 3.65. The molecule has 0 heterocycles. The molecule has 0 spiro atoms. The Kier molecular flexibility index (Phi) is 2.56. The van der Waals surface area contributed by atoms with E-state index in [1.54, 1.807) is 0 Å². The van der Waals surface area contributed by atoms with Crippen LogP contribution in [0, 0.1) is 23.2 Å². The van der Waals surface area contributed by atoms with Gasteiger partial charge in [0.1, 0.15) is 0 Å². The maximum Gasteiger partial charge on any atom is 0.0942 e. The van der Waals surface area contributed by atoms with E-state index in [0.717, 1.165) is 11.8 Å². The van der Waals surface area contributed by atoms with Crippen LogP contribution in [0.5, 0.6) is 0 Å². The zero-order chi connectivity index (χ0) is 9.26. The standard InChI is InChI=1S/C11H20N2/c12-11(13)10(9-6-7-9)8-4-2-1-3-5-8/h8-10H,1-7H2,(H3,12,13). The highest BCUT2D eigenvalue weighted by molar-refractivity contribution is 5.80. The second-order valence-electron chi connectivity index (χ2n) is 4.72. The van der Waals surface area contributed by atoms with E-state index < -0.39 is 0 Å². The molecule has 0 radical (unpaired) electrons. The molecule has 0 aromatic carbocycles. The first-order chi connectivity index (χ1) is 6.29. The van der Waals surface area contributed by atoms with Crippen molar-refractivity contribution >= 4 is 5.84 Å². The second kappa shape index (κ2) is 3.69. The van der Waals surface area contributed by atoms with E-state index in [2.05, 4.69) is 0 Å². The fraction of sp³-hybridized carbons (Fsp3) is 0.909. The van der Waals surface area contributed by atoms with Gasteiger partial charge in [-0.05, 0) is 37.5 Å². The lowest BCUT2D eigenvalue weighted by atomic mass is 9.77. The van der Waals surface area contributed by atoms with Crippen LogP contribution in [0.1, 0.15) is 44.9 Å². The van der Waals surface area contributed by atoms with Crippen LogP contribution in [-0.2, 0) is 0 Å². The Bertz CT molecular complexity index is 190. The van der Waals surface area contributed by atoms with Crippen molar-refractivity contribution in [2.75, 3.05) is 0 Å². The molecule has 2 aliphatic rings. The maximum absolute atomic E-state index is 7.64. The summed E-state index contributed by atoms with van der Waals surface area (Å²) in [5.41, 5.74) is 5.69. The average molecular weight is 180 g/mol. The highest BCUT2D eigenvalue weighted by atomic mass is 14.7. The Morgan fingerprint density at radius 3 is 2.00 bits per heavy atom. The van der Waals surface area contributed by atoms with Gasteiger partial charge in [0, 0.05) is 5.92 Å². The molecule has 0 aliphatic heterocycles. The number of hydrogen-bond acceptors (Lipinski definition) is 1. The molecular formula is C11H20N2. The predicted octanol–water partition coefficient (Wildman–Crippen LogP) is 2.53. The molecular weight excluding hydrogens is 160 g/mol. The zero-order valence-corrected chi connectivity index (χ0v) is 8.26. The third kappa shape index (κ3) is 2.04. The Labute approximate surface area is 80.4 Å². The quantitative estimate of drug-likeness (QED) is 0.509. The van der Waals surface area contributed by atoms with Crippen molar-refractivity contribution in [2.45, 2.75) is 44.9 Å². The molecule has 2 fully saturated rings. The molecule has 0 aromatic heterocycles. The summed E-state index contributed by atoms with van der Waals surface area (Å²) in [5, 5.41) is 7.64. The van der Waals surface area contributed by atoms with Crippen LogP contribution < -0.4 is 5.73 Å². The summed E-state index contributed by atoms with van der Waals surface area (Å²) in [5.74, 6) is 2.44. The lowest BCUT2D eigenvalue weighted by Gasteiger charge is -2.29. The van der Waals surface area contributed by atoms with Crippen LogP contribution in [0.25, 0.3) is 0 Å². The van der Waals surface area contributed by atoms with Gasteiger partial charge in [-0.2, -0.15) is 0 Å². The molecule has 0 saturated heterocycles. The summed E-state index contributed by atoms with van der Waals surface area (Å²) in [7, 11) is 0. The molecule has 3 N–H and O–H groups in total. The fourth-order valence-electron chi connectivity index (χ4n) is 2.84. The Morgan fingerprint density at radius 1 is 1.00 bits per heavy atom. The van der Waals surface area contributed by atoms with Gasteiger partial charge in [-0.3, -0.25) is 5.41 Å². The van der Waals surface area contributed by atoms with Crippen LogP contribution in [0.4, 0.5) is 0 Å². The molecule has 2 saturated carbocycles. The summed E-state index contributed by atoms with van der Waals surface area (Å²) < 4.78 is 0. The molecule has 2 rings (SSSR count). The zero-order valence-electron chi connectivity index (χ0n) is 8.26. The van der Waals surface area contributed by atoms with Gasteiger partial charge in [-0.15, -0.1) is 0 Å². The molecule has 74 valence electrons. The number of amidine groups is 1. The minimum Gasteiger partial charge on any atom is -0.387 e. The first kappa shape index (κ1) is 9.04. The first-order valence-electron chi connectivity index (χ1n) is 5.63. The van der Waals surface area contributed by atoms with E-state index in [4.69, 9.17) is 11.1 Å². The maximum atomic E-state index is 7.64. The van der Waals surface area contributed by atoms with Gasteiger partial charge >= 0.3 is 0 Å². The molecule has 0 amide bonds. The van der Waals surface area contributed by atoms with Gasteiger partial charge in [0.25, 0.3) is 0 Å². The number of hydrogen-bond donors (Lipinski definition) is 2. The predicted molar refractivity (Wildman–Crippen MR) is 54.7 cm³/mol. The normalized spacial score (nSPS) is 27.1. The van der Waals surface area contributed by atoms with Crippen molar-refractivity contribution in [3.8, 4) is 0 Å². The molecule has 1 unspecified atom stereocenters. The van der Waals surface area contributed by atoms with Crippen molar-refractivity contribution in [3.63, 3.8) is 0 Å². The Balaban J connectivity index is 1.96. The summed E-state index contributed by atoms with van der Waals surface area (Å²) >= 11 is 0. The Hall–Kier alpha value is -0.530. The van der Waals surface area contributed by atoms with Crippen LogP contribution in [0.3, 0.4) is 0 Å². The van der Waals surface area contributed by atoms with Gasteiger partial charge in [-0.1, -0.05) is 19.3 Å². The minimum atomic E-state index is 0.445. The van der Waals surface area contributed by atoms with E-state index in [1.807, 2.05) is 0 Å². The number of nitrogens with two attached hydrogens (primary N) is 1. The van der Waals surface area contributed by atoms with E-state index >= 15 is 0 Å². The molecule has 0 aromatic rings. The summed E-state index contributed by atoms with van der Waals surface area (Å²) in [4.78, 5) is 0. The molecule has 13 heavy (non-hydrogen) atoms. The topological polar surface area (TPSA) is 49.9 Å². The van der Waals surface area contributed by atoms with E-state index in [-0.39, 0.29) is 0 Å². The SMILES string of the molecule is N=C(N)C(C1CCCCC1)C1CC1. The van der Waals surface area contributed by atoms with Crippen LogP contribution >= 0.6 is 0 Å². The van der Waals surface area contributed by atoms with Crippen molar-refractivity contribution in [3.05, 3.63) is 0 Å². The summed E-state index contributed by atoms with van der Waals surface area (Å²) in [6.45, 7) is 0. The monoisotopic (exact) mass is 180 g/mol. The first-order valence-corrected chi connectivity index (χ1v) is 5.63. The van der Waals surface area contributed by atoms with Crippen molar-refractivity contribution < 1.29 is 0 Å². The van der Waals surface area contributed by atoms with Crippen LogP contribution in [0.15, 0.2) is 0 Å². The van der Waals surface area contributed by atoms with Crippen molar-refractivity contribution in [1.82, 2.24) is 0 Å². The lowest BCUT2D eigenvalue weighted by molar-refractivity contribution is 0.277. The van der Waals surface area contributed by atoms with E-state index in [0.29, 0.717) is 11.8 Å². The average Bonchev–Trinajstić information content (AvgIpc) is 2.90. The van der Waals surface area contributed by atoms with Gasteiger partial charge in [0.2, 0.25) is 0 Å². The number of rotatable bonds is 3. The van der Waals surface area contributed by atoms with Gasteiger partial charge in [-0.25, -0.2) is 0 Å². The van der Waals surface area contributed by atoms with E-state index in [9.17, 15) is 0 Å². The number of nitrogens with one attached hydrogen (secondary N) is 1. The third-order valence-electron chi connectivity index (χ3n) is 3.65. The highest BCUT2D eigenvalue weighted by Crippen LogP contribution is 2.44. The minimum absolute atomic E-state index is 0.445. The largest absolute Gasteiger partial charge is 0.387 e. The highest BCUT2D eigenvalue weighted by Gasteiger charge is 2.38.